The number of anilines is 1. The molecule has 1 heterocycles. The summed E-state index contributed by atoms with van der Waals surface area (Å²) in [5.41, 5.74) is 1.19. The average Bonchev–Trinajstić information content (AvgIpc) is 2.75. The second kappa shape index (κ2) is 11.0. The molecule has 3 rings (SSSR count). The third-order valence-corrected chi connectivity index (χ3v) is 4.90. The molecule has 1 atom stereocenters. The van der Waals surface area contributed by atoms with Crippen LogP contribution in [-0.2, 0) is 4.74 Å². The maximum absolute atomic E-state index is 12.8. The lowest BCUT2D eigenvalue weighted by Crippen LogP contribution is -2.49. The minimum atomic E-state index is -0.534. The Morgan fingerprint density at radius 1 is 0.931 bits per heavy atom. The van der Waals surface area contributed by atoms with Crippen LogP contribution in [0.25, 0.3) is 0 Å². The zero-order valence-electron chi connectivity index (χ0n) is 16.8. The molecule has 7 heteroatoms. The van der Waals surface area contributed by atoms with Crippen molar-refractivity contribution in [2.24, 2.45) is 0 Å². The Kier molecular flexibility index (Phi) is 8.10. The van der Waals surface area contributed by atoms with Crippen molar-refractivity contribution in [3.05, 3.63) is 54.3 Å². The van der Waals surface area contributed by atoms with E-state index in [9.17, 15) is 9.50 Å². The van der Waals surface area contributed by atoms with E-state index in [0.29, 0.717) is 25.5 Å². The number of β-amino-alcohol motifs (C(OH)–C–C–N with tert-alkyl or cyclic N) is 1. The van der Waals surface area contributed by atoms with E-state index in [2.05, 4.69) is 21.9 Å². The first-order chi connectivity index (χ1) is 14.1. The van der Waals surface area contributed by atoms with Gasteiger partial charge in [-0.25, -0.2) is 4.39 Å². The van der Waals surface area contributed by atoms with Gasteiger partial charge in [0.1, 0.15) is 23.9 Å². The van der Waals surface area contributed by atoms with E-state index in [1.807, 2.05) is 12.1 Å². The molecule has 0 radical (unpaired) electrons. The summed E-state index contributed by atoms with van der Waals surface area (Å²) in [6.45, 7) is 5.24. The standard InChI is InChI=1S/C22H29FN2O4/c1-27-21-8-4-19(5-9-21)25-12-10-24(11-13-25)16-20(26)17-28-14-15-29-22-6-2-18(23)3-7-22/h2-9,20,26H,10-17H2,1H3/t20-/m1/s1. The molecule has 1 fully saturated rings. The maximum atomic E-state index is 12.8. The Bertz CT molecular complexity index is 719. The van der Waals surface area contributed by atoms with Crippen molar-refractivity contribution in [3.8, 4) is 11.5 Å². The van der Waals surface area contributed by atoms with Gasteiger partial charge in [0, 0.05) is 38.4 Å². The number of halogens is 1. The predicted octanol–water partition coefficient (Wildman–Crippen LogP) is 2.41. The molecule has 2 aromatic carbocycles. The summed E-state index contributed by atoms with van der Waals surface area (Å²) in [4.78, 5) is 4.59. The molecule has 0 aromatic heterocycles. The molecule has 1 aliphatic heterocycles. The lowest BCUT2D eigenvalue weighted by Gasteiger charge is -2.36. The highest BCUT2D eigenvalue weighted by molar-refractivity contribution is 5.49. The van der Waals surface area contributed by atoms with E-state index in [1.54, 1.807) is 19.2 Å². The van der Waals surface area contributed by atoms with E-state index < -0.39 is 6.10 Å². The summed E-state index contributed by atoms with van der Waals surface area (Å²) in [6, 6.07) is 14.0. The zero-order valence-corrected chi connectivity index (χ0v) is 16.8. The van der Waals surface area contributed by atoms with Gasteiger partial charge in [-0.3, -0.25) is 4.90 Å². The van der Waals surface area contributed by atoms with Gasteiger partial charge in [-0.2, -0.15) is 0 Å². The average molecular weight is 404 g/mol. The molecule has 0 saturated carbocycles. The van der Waals surface area contributed by atoms with Crippen LogP contribution in [0.15, 0.2) is 48.5 Å². The molecule has 0 amide bonds. The van der Waals surface area contributed by atoms with Crippen LogP contribution in [0.1, 0.15) is 0 Å². The van der Waals surface area contributed by atoms with Crippen LogP contribution < -0.4 is 14.4 Å². The van der Waals surface area contributed by atoms with Crippen molar-refractivity contribution in [2.75, 3.05) is 64.6 Å². The first-order valence-corrected chi connectivity index (χ1v) is 9.89. The number of hydrogen-bond acceptors (Lipinski definition) is 6. The van der Waals surface area contributed by atoms with E-state index in [1.165, 1.54) is 17.8 Å². The summed E-state index contributed by atoms with van der Waals surface area (Å²) in [5, 5.41) is 10.2. The van der Waals surface area contributed by atoms with Gasteiger partial charge < -0.3 is 24.2 Å². The molecular weight excluding hydrogens is 375 g/mol. The Hall–Kier alpha value is -2.35. The molecule has 6 nitrogen and oxygen atoms in total. The van der Waals surface area contributed by atoms with Crippen LogP contribution in [0.3, 0.4) is 0 Å². The summed E-state index contributed by atoms with van der Waals surface area (Å²) in [7, 11) is 1.67. The van der Waals surface area contributed by atoms with Crippen molar-refractivity contribution in [1.29, 1.82) is 0 Å². The Labute approximate surface area is 171 Å². The van der Waals surface area contributed by atoms with Crippen LogP contribution in [0.2, 0.25) is 0 Å². The number of hydrogen-bond donors (Lipinski definition) is 1. The molecule has 0 spiro atoms. The number of aliphatic hydroxyl groups is 1. The number of piperazine rings is 1. The Balaban J connectivity index is 1.28. The topological polar surface area (TPSA) is 54.4 Å². The highest BCUT2D eigenvalue weighted by Gasteiger charge is 2.19. The summed E-state index contributed by atoms with van der Waals surface area (Å²) < 4.78 is 29.0. The Morgan fingerprint density at radius 2 is 1.59 bits per heavy atom. The first kappa shape index (κ1) is 21.4. The van der Waals surface area contributed by atoms with Gasteiger partial charge in [0.2, 0.25) is 0 Å². The van der Waals surface area contributed by atoms with E-state index >= 15 is 0 Å². The lowest BCUT2D eigenvalue weighted by atomic mass is 10.2. The molecule has 158 valence electrons. The molecule has 2 aromatic rings. The fourth-order valence-corrected chi connectivity index (χ4v) is 3.30. The summed E-state index contributed by atoms with van der Waals surface area (Å²) in [5.74, 6) is 1.17. The number of nitrogens with zero attached hydrogens (tertiary/aromatic N) is 2. The number of benzene rings is 2. The minimum Gasteiger partial charge on any atom is -0.497 e. The smallest absolute Gasteiger partial charge is 0.123 e. The molecule has 29 heavy (non-hydrogen) atoms. The van der Waals surface area contributed by atoms with Gasteiger partial charge in [-0.1, -0.05) is 0 Å². The van der Waals surface area contributed by atoms with Crippen LogP contribution in [0.4, 0.5) is 10.1 Å². The van der Waals surface area contributed by atoms with Gasteiger partial charge in [-0.05, 0) is 48.5 Å². The predicted molar refractivity (Wildman–Crippen MR) is 110 cm³/mol. The number of rotatable bonds is 10. The zero-order chi connectivity index (χ0) is 20.5. The van der Waals surface area contributed by atoms with Crippen molar-refractivity contribution < 1.29 is 23.7 Å². The third kappa shape index (κ3) is 6.88. The molecule has 1 aliphatic rings. The quantitative estimate of drug-likeness (QED) is 0.614. The molecule has 1 saturated heterocycles. The van der Waals surface area contributed by atoms with Crippen LogP contribution in [0.5, 0.6) is 11.5 Å². The van der Waals surface area contributed by atoms with Crippen molar-refractivity contribution in [2.45, 2.75) is 6.10 Å². The normalized spacial score (nSPS) is 15.9. The van der Waals surface area contributed by atoms with Gasteiger partial charge in [0.15, 0.2) is 0 Å². The van der Waals surface area contributed by atoms with Crippen LogP contribution in [0, 0.1) is 5.82 Å². The fourth-order valence-electron chi connectivity index (χ4n) is 3.30. The molecule has 0 unspecified atom stereocenters. The molecule has 1 N–H and O–H groups in total. The van der Waals surface area contributed by atoms with Gasteiger partial charge in [0.05, 0.1) is 26.4 Å². The van der Waals surface area contributed by atoms with Crippen LogP contribution in [-0.4, -0.2) is 75.8 Å². The minimum absolute atomic E-state index is 0.269. The lowest BCUT2D eigenvalue weighted by molar-refractivity contribution is 0.00717. The number of aliphatic hydroxyl groups excluding tert-OH is 1. The van der Waals surface area contributed by atoms with Gasteiger partial charge >= 0.3 is 0 Å². The highest BCUT2D eigenvalue weighted by atomic mass is 19.1. The molecular formula is C22H29FN2O4. The molecule has 0 bridgehead atoms. The maximum Gasteiger partial charge on any atom is 0.123 e. The van der Waals surface area contributed by atoms with Gasteiger partial charge in [-0.15, -0.1) is 0 Å². The first-order valence-electron chi connectivity index (χ1n) is 9.89. The number of methoxy groups -OCH3 is 1. The van der Waals surface area contributed by atoms with E-state index in [4.69, 9.17) is 14.2 Å². The molecule has 0 aliphatic carbocycles. The van der Waals surface area contributed by atoms with Crippen molar-refractivity contribution >= 4 is 5.69 Å². The summed E-state index contributed by atoms with van der Waals surface area (Å²) in [6.07, 6.45) is -0.534. The monoisotopic (exact) mass is 404 g/mol. The fraction of sp³-hybridized carbons (Fsp3) is 0.455. The second-order valence-electron chi connectivity index (χ2n) is 7.02. The SMILES string of the molecule is COc1ccc(N2CCN(C[C@@H](O)COCCOc3ccc(F)cc3)CC2)cc1. The number of ether oxygens (including phenoxy) is 3. The highest BCUT2D eigenvalue weighted by Crippen LogP contribution is 2.20. The van der Waals surface area contributed by atoms with Crippen molar-refractivity contribution in [3.63, 3.8) is 0 Å². The van der Waals surface area contributed by atoms with E-state index in [-0.39, 0.29) is 12.4 Å². The van der Waals surface area contributed by atoms with Crippen molar-refractivity contribution in [1.82, 2.24) is 4.90 Å². The second-order valence-corrected chi connectivity index (χ2v) is 7.02. The third-order valence-electron chi connectivity index (χ3n) is 4.90. The largest absolute Gasteiger partial charge is 0.497 e. The van der Waals surface area contributed by atoms with Gasteiger partial charge in [0.25, 0.3) is 0 Å². The Morgan fingerprint density at radius 3 is 2.24 bits per heavy atom. The van der Waals surface area contributed by atoms with Crippen LogP contribution >= 0.6 is 0 Å². The van der Waals surface area contributed by atoms with E-state index in [0.717, 1.165) is 31.9 Å². The summed E-state index contributed by atoms with van der Waals surface area (Å²) >= 11 is 0.